The van der Waals surface area contributed by atoms with Gasteiger partial charge in [-0.1, -0.05) is 150 Å². The predicted octanol–water partition coefficient (Wildman–Crippen LogP) is 12.2. The van der Waals surface area contributed by atoms with E-state index in [1.165, 1.54) is 44.9 Å². The van der Waals surface area contributed by atoms with Crippen LogP contribution in [-0.4, -0.2) is 65.7 Å². The van der Waals surface area contributed by atoms with E-state index >= 15 is 0 Å². The van der Waals surface area contributed by atoms with Gasteiger partial charge < -0.3 is 24.6 Å². The molecule has 0 aliphatic carbocycles. The molecule has 3 unspecified atom stereocenters. The highest BCUT2D eigenvalue weighted by molar-refractivity contribution is 7.47. The van der Waals surface area contributed by atoms with Gasteiger partial charge in [0.05, 0.1) is 19.8 Å². The van der Waals surface area contributed by atoms with Gasteiger partial charge in [-0.25, -0.2) is 4.57 Å². The minimum atomic E-state index is -4.64. The van der Waals surface area contributed by atoms with Crippen LogP contribution in [0, 0.1) is 0 Å². The molecule has 338 valence electrons. The maximum Gasteiger partial charge on any atom is 0.472 e. The zero-order chi connectivity index (χ0) is 43.3. The molecule has 0 radical (unpaired) electrons. The van der Waals surface area contributed by atoms with Gasteiger partial charge in [-0.3, -0.25) is 18.6 Å². The second-order valence-corrected chi connectivity index (χ2v) is 16.1. The van der Waals surface area contributed by atoms with Crippen molar-refractivity contribution in [3.05, 3.63) is 85.1 Å². The summed E-state index contributed by atoms with van der Waals surface area (Å²) in [5, 5.41) is 18.4. The lowest BCUT2D eigenvalue weighted by atomic mass is 10.1. The number of unbranched alkanes of at least 4 members (excludes halogenated alkanes) is 13. The van der Waals surface area contributed by atoms with Crippen molar-refractivity contribution in [1.29, 1.82) is 0 Å². The highest BCUT2D eigenvalue weighted by atomic mass is 31.2. The number of hydrogen-bond donors (Lipinski definition) is 3. The molecule has 0 bridgehead atoms. The highest BCUT2D eigenvalue weighted by Crippen LogP contribution is 2.43. The number of hydrogen-bond acceptors (Lipinski definition) is 9. The molecule has 0 aliphatic rings. The van der Waals surface area contributed by atoms with Crippen molar-refractivity contribution in [2.45, 2.75) is 180 Å². The lowest BCUT2D eigenvalue weighted by molar-refractivity contribution is -0.161. The molecule has 11 heteroatoms. The van der Waals surface area contributed by atoms with Crippen LogP contribution in [0.3, 0.4) is 0 Å². The topological polar surface area (TPSA) is 149 Å². The third-order valence-electron chi connectivity index (χ3n) is 9.03. The van der Waals surface area contributed by atoms with Crippen molar-refractivity contribution in [2.75, 3.05) is 26.4 Å². The molecule has 0 aromatic heterocycles. The first-order valence-corrected chi connectivity index (χ1v) is 24.0. The monoisotopic (exact) mass is 849 g/mol. The summed E-state index contributed by atoms with van der Waals surface area (Å²) in [5.74, 6) is -0.978. The molecule has 59 heavy (non-hydrogen) atoms. The summed E-state index contributed by atoms with van der Waals surface area (Å²) < 4.78 is 32.7. The van der Waals surface area contributed by atoms with Crippen molar-refractivity contribution in [1.82, 2.24) is 0 Å². The van der Waals surface area contributed by atoms with Crippen molar-refractivity contribution < 1.29 is 47.8 Å². The molecule has 0 aromatic carbocycles. The third kappa shape index (κ3) is 43.1. The Bertz CT molecular complexity index is 1250. The quantitative estimate of drug-likeness (QED) is 0.0235. The van der Waals surface area contributed by atoms with E-state index in [2.05, 4.69) is 103 Å². The van der Waals surface area contributed by atoms with Crippen LogP contribution >= 0.6 is 7.82 Å². The van der Waals surface area contributed by atoms with Crippen molar-refractivity contribution >= 4 is 19.8 Å². The summed E-state index contributed by atoms with van der Waals surface area (Å²) in [5.41, 5.74) is 0. The number of carbonyl (C=O) groups excluding carboxylic acids is 2. The lowest BCUT2D eigenvalue weighted by Crippen LogP contribution is -2.29. The van der Waals surface area contributed by atoms with E-state index < -0.39 is 51.8 Å². The number of aliphatic hydroxyl groups excluding tert-OH is 2. The zero-order valence-electron chi connectivity index (χ0n) is 36.7. The van der Waals surface area contributed by atoms with Gasteiger partial charge in [0.25, 0.3) is 0 Å². The van der Waals surface area contributed by atoms with Crippen LogP contribution in [0.5, 0.6) is 0 Å². The number of carbonyl (C=O) groups is 2. The molecular weight excluding hydrogens is 767 g/mol. The maximum absolute atomic E-state index is 12.6. The summed E-state index contributed by atoms with van der Waals surface area (Å²) in [7, 11) is -4.64. The van der Waals surface area contributed by atoms with Gasteiger partial charge in [0, 0.05) is 12.8 Å². The summed E-state index contributed by atoms with van der Waals surface area (Å²) in [6, 6.07) is 0. The average molecular weight is 849 g/mol. The molecule has 0 aromatic rings. The Morgan fingerprint density at radius 1 is 0.525 bits per heavy atom. The standard InChI is InChI=1S/C48H81O10P/c1-3-5-7-9-11-13-15-17-19-21-22-24-26-28-30-32-34-36-38-40-48(52)58-46(44-57-59(53,54)56-42-45(50)41-49)43-55-47(51)39-37-35-33-31-29-27-25-23-20-18-16-14-12-10-8-6-4-2/h5,7,11-14,17-20,22,24,28,30,45-46,49-50H,3-4,6,8-10,15-16,21,23,25-27,29,31-44H2,1-2H3,(H,53,54)/b7-5-,13-11-,14-12-,19-17-,20-18-,24-22-,30-28-. The largest absolute Gasteiger partial charge is 0.472 e. The van der Waals surface area contributed by atoms with Crippen LogP contribution < -0.4 is 0 Å². The van der Waals surface area contributed by atoms with Crippen molar-refractivity contribution in [3.63, 3.8) is 0 Å². The third-order valence-corrected chi connectivity index (χ3v) is 9.98. The molecule has 0 saturated carbocycles. The van der Waals surface area contributed by atoms with E-state index in [9.17, 15) is 24.2 Å². The second kappa shape index (κ2) is 43.2. The minimum Gasteiger partial charge on any atom is -0.462 e. The first kappa shape index (κ1) is 56.1. The molecule has 3 N–H and O–H groups in total. The molecule has 0 saturated heterocycles. The Balaban J connectivity index is 4.37. The highest BCUT2D eigenvalue weighted by Gasteiger charge is 2.27. The van der Waals surface area contributed by atoms with Crippen LogP contribution in [0.4, 0.5) is 0 Å². The Kier molecular flexibility index (Phi) is 41.2. The van der Waals surface area contributed by atoms with Crippen LogP contribution in [0.15, 0.2) is 85.1 Å². The fraction of sp³-hybridized carbons (Fsp3) is 0.667. The zero-order valence-corrected chi connectivity index (χ0v) is 37.6. The van der Waals surface area contributed by atoms with Gasteiger partial charge in [0.2, 0.25) is 0 Å². The van der Waals surface area contributed by atoms with Crippen LogP contribution in [0.2, 0.25) is 0 Å². The van der Waals surface area contributed by atoms with Gasteiger partial charge in [-0.05, 0) is 89.9 Å². The Labute approximate surface area is 358 Å². The average Bonchev–Trinajstić information content (AvgIpc) is 3.22. The van der Waals surface area contributed by atoms with Gasteiger partial charge in [0.15, 0.2) is 6.10 Å². The smallest absolute Gasteiger partial charge is 0.462 e. The molecule has 0 spiro atoms. The Morgan fingerprint density at radius 3 is 1.42 bits per heavy atom. The first-order chi connectivity index (χ1) is 28.7. The lowest BCUT2D eigenvalue weighted by Gasteiger charge is -2.20. The molecule has 0 heterocycles. The van der Waals surface area contributed by atoms with E-state index in [0.29, 0.717) is 12.8 Å². The van der Waals surface area contributed by atoms with Crippen molar-refractivity contribution in [3.8, 4) is 0 Å². The SMILES string of the molecule is CC/C=C\C/C=C\C/C=C\C/C=C\C/C=C\CCCCCC(=O)OC(COC(=O)CCCCCCCCC/C=C\C/C=C\CCCCC)COP(=O)(O)OCC(O)CO. The minimum absolute atomic E-state index is 0.139. The van der Waals surface area contributed by atoms with E-state index in [0.717, 1.165) is 83.5 Å². The molecular formula is C48H81O10P. The number of phosphoric ester groups is 1. The second-order valence-electron chi connectivity index (χ2n) is 14.7. The first-order valence-electron chi connectivity index (χ1n) is 22.5. The summed E-state index contributed by atoms with van der Waals surface area (Å²) in [4.78, 5) is 35.0. The fourth-order valence-corrected chi connectivity index (χ4v) is 6.37. The van der Waals surface area contributed by atoms with E-state index in [-0.39, 0.29) is 19.4 Å². The van der Waals surface area contributed by atoms with Crippen LogP contribution in [0.25, 0.3) is 0 Å². The number of rotatable bonds is 41. The molecule has 0 amide bonds. The normalized spacial score (nSPS) is 14.6. The summed E-state index contributed by atoms with van der Waals surface area (Å²) >= 11 is 0. The van der Waals surface area contributed by atoms with Gasteiger partial charge in [-0.2, -0.15) is 0 Å². The van der Waals surface area contributed by atoms with Crippen molar-refractivity contribution in [2.24, 2.45) is 0 Å². The number of esters is 2. The number of allylic oxidation sites excluding steroid dienone is 14. The van der Waals surface area contributed by atoms with Gasteiger partial charge in [0.1, 0.15) is 12.7 Å². The van der Waals surface area contributed by atoms with E-state index in [1.807, 2.05) is 0 Å². The number of aliphatic hydroxyl groups is 2. The summed E-state index contributed by atoms with van der Waals surface area (Å²) in [6.07, 6.45) is 51.1. The molecule has 10 nitrogen and oxygen atoms in total. The molecule has 0 fully saturated rings. The molecule has 3 atom stereocenters. The number of phosphoric acid groups is 1. The number of ether oxygens (including phenoxy) is 2. The van der Waals surface area contributed by atoms with E-state index in [4.69, 9.17) is 19.1 Å². The molecule has 0 aliphatic heterocycles. The van der Waals surface area contributed by atoms with E-state index in [1.54, 1.807) is 0 Å². The van der Waals surface area contributed by atoms with Crippen LogP contribution in [0.1, 0.15) is 168 Å². The predicted molar refractivity (Wildman–Crippen MR) is 242 cm³/mol. The Hall–Kier alpha value is -2.85. The fourth-order valence-electron chi connectivity index (χ4n) is 5.58. The van der Waals surface area contributed by atoms with Crippen LogP contribution in [-0.2, 0) is 32.7 Å². The Morgan fingerprint density at radius 2 is 0.932 bits per heavy atom. The summed E-state index contributed by atoms with van der Waals surface area (Å²) in [6.45, 7) is 2.18. The maximum atomic E-state index is 12.6. The van der Waals surface area contributed by atoms with Gasteiger partial charge >= 0.3 is 19.8 Å². The molecule has 0 rings (SSSR count). The van der Waals surface area contributed by atoms with Gasteiger partial charge in [-0.15, -0.1) is 0 Å².